The second kappa shape index (κ2) is 8.59. The minimum Gasteiger partial charge on any atom is -0.351 e. The number of para-hydroxylation sites is 1. The molecule has 126 valence electrons. The van der Waals surface area contributed by atoms with E-state index in [1.807, 2.05) is 18.2 Å². The first-order chi connectivity index (χ1) is 11.5. The Kier molecular flexibility index (Phi) is 6.49. The van der Waals surface area contributed by atoms with Gasteiger partial charge in [0.05, 0.1) is 5.69 Å². The number of anilines is 1. The quantitative estimate of drug-likeness (QED) is 0.787. The summed E-state index contributed by atoms with van der Waals surface area (Å²) in [6.07, 6.45) is 0.897. The molecule has 2 rings (SSSR count). The Labute approximate surface area is 150 Å². The summed E-state index contributed by atoms with van der Waals surface area (Å²) in [6, 6.07) is 12.1. The third-order valence-electron chi connectivity index (χ3n) is 3.34. The first-order valence-corrected chi connectivity index (χ1v) is 8.58. The van der Waals surface area contributed by atoms with Crippen LogP contribution in [0.3, 0.4) is 0 Å². The van der Waals surface area contributed by atoms with Crippen LogP contribution in [0.25, 0.3) is 0 Å². The van der Waals surface area contributed by atoms with Crippen molar-refractivity contribution in [1.82, 2.24) is 10.3 Å². The van der Waals surface area contributed by atoms with E-state index in [0.717, 1.165) is 10.9 Å². The van der Waals surface area contributed by atoms with Gasteiger partial charge in [-0.25, -0.2) is 4.98 Å². The number of nitrogens with one attached hydrogen (secondary N) is 2. The highest BCUT2D eigenvalue weighted by Crippen LogP contribution is 2.21. The number of carbonyl (C=O) groups excluding carboxylic acids is 2. The lowest BCUT2D eigenvalue weighted by Gasteiger charge is -2.09. The highest BCUT2D eigenvalue weighted by Gasteiger charge is 2.13. The van der Waals surface area contributed by atoms with Gasteiger partial charge in [-0.15, -0.1) is 0 Å². The van der Waals surface area contributed by atoms with E-state index >= 15 is 0 Å². The molecule has 0 saturated heterocycles. The predicted octanol–water partition coefficient (Wildman–Crippen LogP) is 3.87. The summed E-state index contributed by atoms with van der Waals surface area (Å²) < 4.78 is 0.779. The molecule has 0 saturated carbocycles. The summed E-state index contributed by atoms with van der Waals surface area (Å²) in [7, 11) is 0. The molecular weight excluding hydrogens is 370 g/mol. The zero-order valence-corrected chi connectivity index (χ0v) is 15.3. The fourth-order valence-corrected chi connectivity index (χ4v) is 2.39. The molecule has 2 N–H and O–H groups in total. The van der Waals surface area contributed by atoms with Crippen molar-refractivity contribution in [2.45, 2.75) is 20.3 Å². The summed E-state index contributed by atoms with van der Waals surface area (Å²) in [5.74, 6) is -0.121. The molecule has 6 heteroatoms. The molecule has 2 aromatic rings. The maximum absolute atomic E-state index is 12.3. The minimum atomic E-state index is -0.362. The number of nitrogens with zero attached hydrogens (tertiary/aromatic N) is 1. The van der Waals surface area contributed by atoms with Crippen LogP contribution in [-0.4, -0.2) is 23.3 Å². The van der Waals surface area contributed by atoms with Gasteiger partial charge in [-0.05, 0) is 52.5 Å². The van der Waals surface area contributed by atoms with Crippen LogP contribution < -0.4 is 10.6 Å². The van der Waals surface area contributed by atoms with Gasteiger partial charge in [0.2, 0.25) is 0 Å². The molecule has 24 heavy (non-hydrogen) atoms. The van der Waals surface area contributed by atoms with Crippen molar-refractivity contribution in [1.29, 1.82) is 0 Å². The van der Waals surface area contributed by atoms with E-state index in [0.29, 0.717) is 18.2 Å². The topological polar surface area (TPSA) is 71.1 Å². The highest BCUT2D eigenvalue weighted by atomic mass is 79.9. The number of pyridine rings is 1. The van der Waals surface area contributed by atoms with Gasteiger partial charge in [-0.1, -0.05) is 32.0 Å². The number of aromatic nitrogens is 1. The molecule has 0 atom stereocenters. The number of rotatable bonds is 6. The van der Waals surface area contributed by atoms with Crippen LogP contribution in [0, 0.1) is 5.92 Å². The zero-order chi connectivity index (χ0) is 17.5. The van der Waals surface area contributed by atoms with Crippen molar-refractivity contribution in [3.05, 3.63) is 58.3 Å². The zero-order valence-electron chi connectivity index (χ0n) is 13.7. The lowest BCUT2D eigenvalue weighted by molar-refractivity contribution is 0.0947. The van der Waals surface area contributed by atoms with Gasteiger partial charge >= 0.3 is 0 Å². The van der Waals surface area contributed by atoms with E-state index in [1.54, 1.807) is 24.3 Å². The first-order valence-electron chi connectivity index (χ1n) is 7.78. The number of hydrogen-bond acceptors (Lipinski definition) is 3. The number of benzene rings is 1. The van der Waals surface area contributed by atoms with Crippen LogP contribution in [0.1, 0.15) is 41.2 Å². The van der Waals surface area contributed by atoms with Gasteiger partial charge in [0, 0.05) is 11.0 Å². The van der Waals surface area contributed by atoms with E-state index in [4.69, 9.17) is 0 Å². The van der Waals surface area contributed by atoms with Gasteiger partial charge in [-0.3, -0.25) is 9.59 Å². The van der Waals surface area contributed by atoms with Gasteiger partial charge < -0.3 is 10.6 Å². The number of amides is 2. The molecule has 2 amide bonds. The molecule has 0 aliphatic carbocycles. The summed E-state index contributed by atoms with van der Waals surface area (Å²) in [5.41, 5.74) is 1.08. The third kappa shape index (κ3) is 5.16. The van der Waals surface area contributed by atoms with E-state index in [9.17, 15) is 9.59 Å². The van der Waals surface area contributed by atoms with Crippen LogP contribution in [0.4, 0.5) is 5.69 Å². The molecule has 1 aromatic heterocycles. The van der Waals surface area contributed by atoms with Gasteiger partial charge in [0.15, 0.2) is 0 Å². The van der Waals surface area contributed by atoms with E-state index in [-0.39, 0.29) is 23.2 Å². The van der Waals surface area contributed by atoms with Crippen LogP contribution in [0.2, 0.25) is 0 Å². The average molecular weight is 390 g/mol. The SMILES string of the molecule is CC(C)CCNC(=O)c1cccc(C(=O)Nc2ccccc2Br)n1. The molecule has 0 radical (unpaired) electrons. The minimum absolute atomic E-state index is 0.197. The number of hydrogen-bond donors (Lipinski definition) is 2. The van der Waals surface area contributed by atoms with Crippen molar-refractivity contribution in [2.24, 2.45) is 5.92 Å². The van der Waals surface area contributed by atoms with Gasteiger partial charge in [-0.2, -0.15) is 0 Å². The Bertz CT molecular complexity index is 732. The second-order valence-electron chi connectivity index (χ2n) is 5.78. The molecule has 0 aliphatic heterocycles. The Hall–Kier alpha value is -2.21. The molecular formula is C18H20BrN3O2. The number of carbonyl (C=O) groups is 2. The fourth-order valence-electron chi connectivity index (χ4n) is 2.00. The summed E-state index contributed by atoms with van der Waals surface area (Å²) in [5, 5.41) is 5.59. The van der Waals surface area contributed by atoms with Crippen molar-refractivity contribution in [3.63, 3.8) is 0 Å². The van der Waals surface area contributed by atoms with Crippen LogP contribution in [0.15, 0.2) is 46.9 Å². The summed E-state index contributed by atoms with van der Waals surface area (Å²) >= 11 is 3.38. The Morgan fingerprint density at radius 2 is 1.71 bits per heavy atom. The second-order valence-corrected chi connectivity index (χ2v) is 6.63. The van der Waals surface area contributed by atoms with E-state index in [2.05, 4.69) is 45.4 Å². The van der Waals surface area contributed by atoms with Crippen LogP contribution in [0.5, 0.6) is 0 Å². The van der Waals surface area contributed by atoms with Crippen molar-refractivity contribution in [3.8, 4) is 0 Å². The maximum Gasteiger partial charge on any atom is 0.274 e. The van der Waals surface area contributed by atoms with Crippen molar-refractivity contribution in [2.75, 3.05) is 11.9 Å². The van der Waals surface area contributed by atoms with Gasteiger partial charge in [0.25, 0.3) is 11.8 Å². The molecule has 1 aromatic carbocycles. The molecule has 1 heterocycles. The van der Waals surface area contributed by atoms with Crippen LogP contribution in [-0.2, 0) is 0 Å². The van der Waals surface area contributed by atoms with Crippen molar-refractivity contribution < 1.29 is 9.59 Å². The standard InChI is InChI=1S/C18H20BrN3O2/c1-12(2)10-11-20-17(23)15-8-5-9-16(21-15)18(24)22-14-7-4-3-6-13(14)19/h3-9,12H,10-11H2,1-2H3,(H,20,23)(H,22,24). The molecule has 0 aliphatic rings. The molecule has 0 spiro atoms. The van der Waals surface area contributed by atoms with E-state index < -0.39 is 0 Å². The van der Waals surface area contributed by atoms with E-state index in [1.165, 1.54) is 0 Å². The predicted molar refractivity (Wildman–Crippen MR) is 98.1 cm³/mol. The third-order valence-corrected chi connectivity index (χ3v) is 4.04. The largest absolute Gasteiger partial charge is 0.351 e. The normalized spacial score (nSPS) is 10.5. The highest BCUT2D eigenvalue weighted by molar-refractivity contribution is 9.10. The molecule has 5 nitrogen and oxygen atoms in total. The monoisotopic (exact) mass is 389 g/mol. The lowest BCUT2D eigenvalue weighted by Crippen LogP contribution is -2.27. The van der Waals surface area contributed by atoms with Crippen LogP contribution >= 0.6 is 15.9 Å². The Morgan fingerprint density at radius 3 is 2.38 bits per heavy atom. The summed E-state index contributed by atoms with van der Waals surface area (Å²) in [6.45, 7) is 4.78. The fraction of sp³-hybridized carbons (Fsp3) is 0.278. The first kappa shape index (κ1) is 18.1. The maximum atomic E-state index is 12.3. The lowest BCUT2D eigenvalue weighted by atomic mass is 10.1. The Balaban J connectivity index is 2.05. The van der Waals surface area contributed by atoms with Crippen molar-refractivity contribution >= 4 is 33.4 Å². The average Bonchev–Trinajstić information content (AvgIpc) is 2.56. The summed E-state index contributed by atoms with van der Waals surface area (Å²) in [4.78, 5) is 28.6. The smallest absolute Gasteiger partial charge is 0.274 e. The Morgan fingerprint density at radius 1 is 1.04 bits per heavy atom. The van der Waals surface area contributed by atoms with Gasteiger partial charge in [0.1, 0.15) is 11.4 Å². The number of halogens is 1. The molecule has 0 unspecified atom stereocenters. The molecule has 0 fully saturated rings. The molecule has 0 bridgehead atoms.